The van der Waals surface area contributed by atoms with Crippen LogP contribution in [0.1, 0.15) is 28.4 Å². The summed E-state index contributed by atoms with van der Waals surface area (Å²) in [6, 6.07) is 17.3. The second kappa shape index (κ2) is 6.64. The minimum Gasteiger partial charge on any atom is -0.497 e. The number of hydrogen-bond acceptors (Lipinski definition) is 4. The summed E-state index contributed by atoms with van der Waals surface area (Å²) in [5, 5.41) is 2.40. The topological polar surface area (TPSA) is 64.2 Å². The van der Waals surface area contributed by atoms with Gasteiger partial charge in [0.15, 0.2) is 0 Å². The standard InChI is InChI=1S/C23H17ClN2O3/c1-12-25-22(27)20-19(13-7-9-14(28-2)10-8-13)17-11-18(24)15-5-3-4-6-16(15)21(17)29-23(20)26-12/h3-11,19H,1-2H3,(H,25,26,27). The lowest BCUT2D eigenvalue weighted by molar-refractivity contribution is 0.414. The minimum absolute atomic E-state index is 0.219. The summed E-state index contributed by atoms with van der Waals surface area (Å²) in [6.45, 7) is 1.74. The van der Waals surface area contributed by atoms with E-state index in [1.807, 2.05) is 54.6 Å². The molecule has 29 heavy (non-hydrogen) atoms. The van der Waals surface area contributed by atoms with Gasteiger partial charge in [0.1, 0.15) is 17.3 Å². The molecule has 0 radical (unpaired) electrons. The molecule has 1 aliphatic rings. The highest BCUT2D eigenvalue weighted by Gasteiger charge is 2.34. The number of rotatable bonds is 2. The molecule has 0 fully saturated rings. The summed E-state index contributed by atoms with van der Waals surface area (Å²) in [5.74, 6) is 1.89. The molecule has 1 atom stereocenters. The number of halogens is 1. The van der Waals surface area contributed by atoms with Gasteiger partial charge in [-0.25, -0.2) is 0 Å². The Morgan fingerprint density at radius 3 is 2.55 bits per heavy atom. The van der Waals surface area contributed by atoms with Crippen molar-refractivity contribution in [3.8, 4) is 17.4 Å². The maximum Gasteiger partial charge on any atom is 0.258 e. The normalized spacial score (nSPS) is 14.8. The van der Waals surface area contributed by atoms with Crippen molar-refractivity contribution >= 4 is 22.4 Å². The average molecular weight is 405 g/mol. The Hall–Kier alpha value is -3.31. The first kappa shape index (κ1) is 17.8. The van der Waals surface area contributed by atoms with E-state index in [0.29, 0.717) is 28.0 Å². The third-order valence-electron chi connectivity index (χ3n) is 5.26. The number of hydrogen-bond donors (Lipinski definition) is 1. The highest BCUT2D eigenvalue weighted by atomic mass is 35.5. The van der Waals surface area contributed by atoms with Crippen LogP contribution in [0.4, 0.5) is 0 Å². The number of aromatic nitrogens is 2. The van der Waals surface area contributed by atoms with Crippen molar-refractivity contribution in [2.75, 3.05) is 7.11 Å². The van der Waals surface area contributed by atoms with Crippen LogP contribution in [0.5, 0.6) is 17.4 Å². The molecule has 3 aromatic carbocycles. The van der Waals surface area contributed by atoms with Crippen LogP contribution in [0.3, 0.4) is 0 Å². The van der Waals surface area contributed by atoms with Crippen molar-refractivity contribution in [2.45, 2.75) is 12.8 Å². The lowest BCUT2D eigenvalue weighted by Gasteiger charge is -2.28. The number of aryl methyl sites for hydroxylation is 1. The van der Waals surface area contributed by atoms with Gasteiger partial charge in [0.05, 0.1) is 12.7 Å². The number of methoxy groups -OCH3 is 1. The van der Waals surface area contributed by atoms with Gasteiger partial charge in [0.25, 0.3) is 5.56 Å². The smallest absolute Gasteiger partial charge is 0.258 e. The Morgan fingerprint density at radius 1 is 1.10 bits per heavy atom. The van der Waals surface area contributed by atoms with E-state index >= 15 is 0 Å². The van der Waals surface area contributed by atoms with E-state index in [1.54, 1.807) is 14.0 Å². The summed E-state index contributed by atoms with van der Waals surface area (Å²) >= 11 is 6.61. The quantitative estimate of drug-likeness (QED) is 0.440. The molecule has 144 valence electrons. The summed E-state index contributed by atoms with van der Waals surface area (Å²) in [6.07, 6.45) is 0. The lowest BCUT2D eigenvalue weighted by Crippen LogP contribution is -2.24. The van der Waals surface area contributed by atoms with E-state index in [9.17, 15) is 4.79 Å². The largest absolute Gasteiger partial charge is 0.497 e. The fourth-order valence-corrected chi connectivity index (χ4v) is 4.23. The lowest BCUT2D eigenvalue weighted by atomic mass is 9.83. The summed E-state index contributed by atoms with van der Waals surface area (Å²) < 4.78 is 11.5. The molecule has 0 amide bonds. The number of H-pyrrole nitrogens is 1. The Kier molecular flexibility index (Phi) is 4.07. The molecular formula is C23H17ClN2O3. The first-order chi connectivity index (χ1) is 14.1. The van der Waals surface area contributed by atoms with Crippen molar-refractivity contribution in [1.29, 1.82) is 0 Å². The molecule has 0 saturated carbocycles. The van der Waals surface area contributed by atoms with Crippen molar-refractivity contribution < 1.29 is 9.47 Å². The van der Waals surface area contributed by atoms with Gasteiger partial charge in [-0.3, -0.25) is 4.79 Å². The third kappa shape index (κ3) is 2.77. The molecule has 2 heterocycles. The number of benzene rings is 3. The Balaban J connectivity index is 1.85. The molecule has 6 heteroatoms. The molecule has 0 saturated heterocycles. The molecule has 1 aromatic heterocycles. The molecule has 1 N–H and O–H groups in total. The number of ether oxygens (including phenoxy) is 2. The molecule has 0 aliphatic carbocycles. The number of aromatic amines is 1. The predicted octanol–water partition coefficient (Wildman–Crippen LogP) is 5.18. The fraction of sp³-hybridized carbons (Fsp3) is 0.130. The first-order valence-electron chi connectivity index (χ1n) is 9.20. The highest BCUT2D eigenvalue weighted by molar-refractivity contribution is 6.36. The Bertz CT molecular complexity index is 1310. The predicted molar refractivity (Wildman–Crippen MR) is 113 cm³/mol. The van der Waals surface area contributed by atoms with E-state index < -0.39 is 0 Å². The second-order valence-corrected chi connectivity index (χ2v) is 7.41. The SMILES string of the molecule is COc1ccc(C2c3cc(Cl)c4ccccc4c3Oc3nc(C)[nH]c(=O)c32)cc1. The van der Waals surface area contributed by atoms with Gasteiger partial charge in [-0.2, -0.15) is 4.98 Å². The average Bonchev–Trinajstić information content (AvgIpc) is 2.73. The van der Waals surface area contributed by atoms with Gasteiger partial charge in [0.2, 0.25) is 5.88 Å². The van der Waals surface area contributed by atoms with E-state index in [1.165, 1.54) is 0 Å². The number of fused-ring (bicyclic) bond motifs is 4. The zero-order valence-corrected chi connectivity index (χ0v) is 16.6. The van der Waals surface area contributed by atoms with Crippen LogP contribution < -0.4 is 15.0 Å². The summed E-state index contributed by atoms with van der Waals surface area (Å²) in [4.78, 5) is 20.2. The van der Waals surface area contributed by atoms with Gasteiger partial charge < -0.3 is 14.5 Å². The summed E-state index contributed by atoms with van der Waals surface area (Å²) in [7, 11) is 1.62. The van der Waals surface area contributed by atoms with Gasteiger partial charge in [0, 0.05) is 27.3 Å². The van der Waals surface area contributed by atoms with Crippen molar-refractivity contribution in [2.24, 2.45) is 0 Å². The van der Waals surface area contributed by atoms with Gasteiger partial charge >= 0.3 is 0 Å². The molecule has 5 rings (SSSR count). The maximum atomic E-state index is 12.9. The molecule has 1 unspecified atom stereocenters. The van der Waals surface area contributed by atoms with Gasteiger partial charge in [-0.15, -0.1) is 0 Å². The molecule has 1 aliphatic heterocycles. The van der Waals surface area contributed by atoms with E-state index in [-0.39, 0.29) is 11.5 Å². The van der Waals surface area contributed by atoms with Crippen LogP contribution in [0.2, 0.25) is 5.02 Å². The summed E-state index contributed by atoms with van der Waals surface area (Å²) in [5.41, 5.74) is 2.02. The van der Waals surface area contributed by atoms with Gasteiger partial charge in [-0.1, -0.05) is 48.0 Å². The molecular weight excluding hydrogens is 388 g/mol. The van der Waals surface area contributed by atoms with E-state index in [2.05, 4.69) is 9.97 Å². The van der Waals surface area contributed by atoms with Crippen LogP contribution in [0.15, 0.2) is 59.4 Å². The van der Waals surface area contributed by atoms with E-state index in [0.717, 1.165) is 27.6 Å². The number of nitrogens with one attached hydrogen (secondary N) is 1. The first-order valence-corrected chi connectivity index (χ1v) is 9.58. The Labute approximate surface area is 171 Å². The van der Waals surface area contributed by atoms with Crippen LogP contribution in [-0.2, 0) is 0 Å². The molecule has 4 aromatic rings. The number of nitrogens with zero attached hydrogens (tertiary/aromatic N) is 1. The van der Waals surface area contributed by atoms with Crippen LogP contribution in [-0.4, -0.2) is 17.1 Å². The Morgan fingerprint density at radius 2 is 1.83 bits per heavy atom. The minimum atomic E-state index is -0.362. The van der Waals surface area contributed by atoms with Crippen molar-refractivity contribution in [3.05, 3.63) is 92.5 Å². The highest BCUT2D eigenvalue weighted by Crippen LogP contribution is 2.49. The van der Waals surface area contributed by atoms with Crippen molar-refractivity contribution in [3.63, 3.8) is 0 Å². The van der Waals surface area contributed by atoms with Crippen LogP contribution >= 0.6 is 11.6 Å². The molecule has 5 nitrogen and oxygen atoms in total. The van der Waals surface area contributed by atoms with Crippen LogP contribution in [0.25, 0.3) is 10.8 Å². The van der Waals surface area contributed by atoms with E-state index in [4.69, 9.17) is 21.1 Å². The van der Waals surface area contributed by atoms with Crippen molar-refractivity contribution in [1.82, 2.24) is 9.97 Å². The zero-order valence-electron chi connectivity index (χ0n) is 15.8. The fourth-order valence-electron chi connectivity index (χ4n) is 3.95. The van der Waals surface area contributed by atoms with Crippen LogP contribution in [0, 0.1) is 6.92 Å². The van der Waals surface area contributed by atoms with Gasteiger partial charge in [-0.05, 0) is 30.7 Å². The monoisotopic (exact) mass is 404 g/mol. The third-order valence-corrected chi connectivity index (χ3v) is 5.57. The molecule has 0 bridgehead atoms. The zero-order chi connectivity index (χ0) is 20.1. The molecule has 0 spiro atoms. The second-order valence-electron chi connectivity index (χ2n) is 7.00. The maximum absolute atomic E-state index is 12.9.